The minimum atomic E-state index is -1.25. The normalized spacial score (nSPS) is 36.7. The first-order chi connectivity index (χ1) is 7.26. The highest BCUT2D eigenvalue weighted by Gasteiger charge is 2.39. The van der Waals surface area contributed by atoms with Crippen molar-refractivity contribution in [1.82, 2.24) is 0 Å². The van der Waals surface area contributed by atoms with E-state index in [1.54, 1.807) is 12.2 Å². The van der Waals surface area contributed by atoms with Gasteiger partial charge in [-0.2, -0.15) is 0 Å². The van der Waals surface area contributed by atoms with Crippen molar-refractivity contribution in [2.75, 3.05) is 0 Å². The fourth-order valence-electron chi connectivity index (χ4n) is 2.80. The summed E-state index contributed by atoms with van der Waals surface area (Å²) in [6, 6.07) is 0. The smallest absolute Gasteiger partial charge is 0.156 e. The lowest BCUT2D eigenvalue weighted by atomic mass is 9.71. The van der Waals surface area contributed by atoms with Crippen molar-refractivity contribution in [3.8, 4) is 0 Å². The van der Waals surface area contributed by atoms with Crippen LogP contribution in [-0.2, 0) is 4.79 Å². The van der Waals surface area contributed by atoms with Gasteiger partial charge in [0, 0.05) is 5.92 Å². The molecule has 0 aliphatic heterocycles. The minimum absolute atomic E-state index is 0.0136. The quantitative estimate of drug-likeness (QED) is 0.703. The molecule has 2 unspecified atom stereocenters. The molecule has 2 rings (SSSR count). The third-order valence-corrected chi connectivity index (χ3v) is 3.67. The van der Waals surface area contributed by atoms with Crippen LogP contribution in [0.3, 0.4) is 0 Å². The molecule has 0 heterocycles. The van der Waals surface area contributed by atoms with Gasteiger partial charge in [-0.15, -0.1) is 0 Å². The molecule has 1 N–H and O–H groups in total. The molecule has 2 heteroatoms. The summed E-state index contributed by atoms with van der Waals surface area (Å²) < 4.78 is 0. The van der Waals surface area contributed by atoms with Gasteiger partial charge in [0.05, 0.1) is 0 Å². The van der Waals surface area contributed by atoms with Crippen LogP contribution in [0.5, 0.6) is 0 Å². The first-order valence-corrected chi connectivity index (χ1v) is 5.81. The Labute approximate surface area is 90.7 Å². The Hall–Kier alpha value is -0.890. The minimum Gasteiger partial charge on any atom is -0.378 e. The fourth-order valence-corrected chi connectivity index (χ4v) is 2.80. The van der Waals surface area contributed by atoms with E-state index < -0.39 is 5.60 Å². The van der Waals surface area contributed by atoms with E-state index in [0.717, 1.165) is 12.8 Å². The van der Waals surface area contributed by atoms with Crippen molar-refractivity contribution in [2.45, 2.75) is 37.7 Å². The summed E-state index contributed by atoms with van der Waals surface area (Å²) in [4.78, 5) is 11.0. The average Bonchev–Trinajstić information content (AvgIpc) is 2.31. The molecule has 2 aliphatic carbocycles. The van der Waals surface area contributed by atoms with Crippen molar-refractivity contribution in [2.24, 2.45) is 11.8 Å². The van der Waals surface area contributed by atoms with Crippen molar-refractivity contribution in [3.63, 3.8) is 0 Å². The largest absolute Gasteiger partial charge is 0.378 e. The second-order valence-corrected chi connectivity index (χ2v) is 4.67. The maximum atomic E-state index is 11.0. The Balaban J connectivity index is 2.15. The van der Waals surface area contributed by atoms with E-state index in [2.05, 4.69) is 0 Å². The molecular weight excluding hydrogens is 188 g/mol. The lowest BCUT2D eigenvalue weighted by Gasteiger charge is -2.36. The number of allylic oxidation sites excluding steroid dienone is 2. The zero-order valence-electron chi connectivity index (χ0n) is 8.93. The molecule has 0 saturated heterocycles. The lowest BCUT2D eigenvalue weighted by Crippen LogP contribution is -2.42. The summed E-state index contributed by atoms with van der Waals surface area (Å²) in [5.41, 5.74) is -1.25. The zero-order chi connectivity index (χ0) is 10.7. The van der Waals surface area contributed by atoms with Crippen LogP contribution < -0.4 is 0 Å². The molecule has 0 amide bonds. The molecule has 15 heavy (non-hydrogen) atoms. The second-order valence-electron chi connectivity index (χ2n) is 4.67. The Morgan fingerprint density at radius 1 is 1.20 bits per heavy atom. The number of carbonyl (C=O) groups excluding carboxylic acids is 1. The fraction of sp³-hybridized carbons (Fsp3) is 0.615. The number of aliphatic hydroxyl groups is 1. The summed E-state index contributed by atoms with van der Waals surface area (Å²) in [6.45, 7) is 0. The summed E-state index contributed by atoms with van der Waals surface area (Å²) in [7, 11) is 0. The molecule has 0 aromatic carbocycles. The lowest BCUT2D eigenvalue weighted by molar-refractivity contribution is -0.124. The van der Waals surface area contributed by atoms with Gasteiger partial charge in [-0.1, -0.05) is 37.5 Å². The van der Waals surface area contributed by atoms with Crippen molar-refractivity contribution < 1.29 is 9.90 Å². The van der Waals surface area contributed by atoms with Crippen molar-refractivity contribution in [3.05, 3.63) is 24.3 Å². The van der Waals surface area contributed by atoms with Crippen LogP contribution in [0.2, 0.25) is 0 Å². The van der Waals surface area contributed by atoms with Gasteiger partial charge in [-0.05, 0) is 24.8 Å². The molecule has 2 aliphatic rings. The maximum absolute atomic E-state index is 11.0. The number of hydrogen-bond acceptors (Lipinski definition) is 2. The average molecular weight is 206 g/mol. The van der Waals surface area contributed by atoms with Gasteiger partial charge in [0.25, 0.3) is 0 Å². The molecule has 0 spiro atoms. The summed E-state index contributed by atoms with van der Waals surface area (Å²) >= 11 is 0. The standard InChI is InChI=1S/C13H18O2/c14-10-13(15)9-5-4-8-12(13)11-6-2-1-3-7-11/h4-5,8-12,15H,1-3,6-7H2. The molecule has 2 nitrogen and oxygen atoms in total. The molecule has 1 saturated carbocycles. The summed E-state index contributed by atoms with van der Waals surface area (Å²) in [6.07, 6.45) is 14.0. The van der Waals surface area contributed by atoms with Crippen LogP contribution in [0.4, 0.5) is 0 Å². The van der Waals surface area contributed by atoms with E-state index in [0.29, 0.717) is 12.2 Å². The topological polar surface area (TPSA) is 37.3 Å². The van der Waals surface area contributed by atoms with Gasteiger partial charge >= 0.3 is 0 Å². The molecule has 0 aromatic heterocycles. The first kappa shape index (κ1) is 10.6. The van der Waals surface area contributed by atoms with Gasteiger partial charge in [-0.3, -0.25) is 4.79 Å². The molecule has 0 radical (unpaired) electrons. The summed E-state index contributed by atoms with van der Waals surface area (Å²) in [5, 5.41) is 10.2. The van der Waals surface area contributed by atoms with Crippen LogP contribution in [0, 0.1) is 11.8 Å². The zero-order valence-corrected chi connectivity index (χ0v) is 8.93. The number of carbonyl (C=O) groups is 1. The predicted molar refractivity (Wildman–Crippen MR) is 59.4 cm³/mol. The predicted octanol–water partition coefficient (Wildman–Crippen LogP) is 2.24. The van der Waals surface area contributed by atoms with Gasteiger partial charge in [0.2, 0.25) is 0 Å². The molecule has 82 valence electrons. The van der Waals surface area contributed by atoms with Gasteiger partial charge in [-0.25, -0.2) is 0 Å². The number of aldehydes is 1. The van der Waals surface area contributed by atoms with E-state index >= 15 is 0 Å². The van der Waals surface area contributed by atoms with E-state index in [-0.39, 0.29) is 5.92 Å². The third kappa shape index (κ3) is 2.05. The van der Waals surface area contributed by atoms with Crippen molar-refractivity contribution in [1.29, 1.82) is 0 Å². The van der Waals surface area contributed by atoms with E-state index in [4.69, 9.17) is 0 Å². The second kappa shape index (κ2) is 4.31. The monoisotopic (exact) mass is 206 g/mol. The van der Waals surface area contributed by atoms with Crippen LogP contribution in [0.25, 0.3) is 0 Å². The highest BCUT2D eigenvalue weighted by atomic mass is 16.3. The molecule has 1 fully saturated rings. The highest BCUT2D eigenvalue weighted by Crippen LogP contribution is 2.38. The van der Waals surface area contributed by atoms with Crippen LogP contribution in [-0.4, -0.2) is 17.0 Å². The Morgan fingerprint density at radius 3 is 2.60 bits per heavy atom. The maximum Gasteiger partial charge on any atom is 0.156 e. The molecular formula is C13H18O2. The number of hydrogen-bond donors (Lipinski definition) is 1. The molecule has 0 aromatic rings. The van der Waals surface area contributed by atoms with Crippen LogP contribution in [0.15, 0.2) is 24.3 Å². The van der Waals surface area contributed by atoms with Gasteiger partial charge < -0.3 is 5.11 Å². The van der Waals surface area contributed by atoms with E-state index in [1.165, 1.54) is 19.3 Å². The SMILES string of the molecule is O=CC1(O)C=CC=CC1C1CCCCC1. The van der Waals surface area contributed by atoms with Gasteiger partial charge in [0.15, 0.2) is 6.29 Å². The highest BCUT2D eigenvalue weighted by molar-refractivity contribution is 5.68. The molecule has 0 bridgehead atoms. The Bertz CT molecular complexity index is 287. The van der Waals surface area contributed by atoms with Crippen LogP contribution >= 0.6 is 0 Å². The van der Waals surface area contributed by atoms with Crippen molar-refractivity contribution >= 4 is 6.29 Å². The molecule has 2 atom stereocenters. The third-order valence-electron chi connectivity index (χ3n) is 3.67. The van der Waals surface area contributed by atoms with E-state index in [9.17, 15) is 9.90 Å². The van der Waals surface area contributed by atoms with Crippen LogP contribution in [0.1, 0.15) is 32.1 Å². The van der Waals surface area contributed by atoms with Gasteiger partial charge in [0.1, 0.15) is 5.60 Å². The Morgan fingerprint density at radius 2 is 1.93 bits per heavy atom. The Kier molecular flexibility index (Phi) is 3.06. The first-order valence-electron chi connectivity index (χ1n) is 5.81. The van der Waals surface area contributed by atoms with E-state index in [1.807, 2.05) is 12.2 Å². The summed E-state index contributed by atoms with van der Waals surface area (Å²) in [5.74, 6) is 0.454. The number of rotatable bonds is 2.